The van der Waals surface area contributed by atoms with Gasteiger partial charge in [-0.1, -0.05) is 188 Å². The molecule has 8 aromatic carbocycles. The van der Waals surface area contributed by atoms with Gasteiger partial charge in [0.05, 0.1) is 16.8 Å². The van der Waals surface area contributed by atoms with Crippen LogP contribution in [0, 0.1) is 0 Å². The third-order valence-corrected chi connectivity index (χ3v) is 18.0. The van der Waals surface area contributed by atoms with E-state index in [0.717, 1.165) is 0 Å². The van der Waals surface area contributed by atoms with Gasteiger partial charge in [0.1, 0.15) is 0 Å². The fourth-order valence-corrected chi connectivity index (χ4v) is 16.6. The molecule has 8 aromatic rings. The highest BCUT2D eigenvalue weighted by Crippen LogP contribution is 2.63. The van der Waals surface area contributed by atoms with E-state index in [4.69, 9.17) is 0 Å². The second kappa shape index (κ2) is 11.3. The highest BCUT2D eigenvalue weighted by Gasteiger charge is 2.51. The van der Waals surface area contributed by atoms with Gasteiger partial charge in [0, 0.05) is 5.69 Å². The smallest absolute Gasteiger partial charge is 0.0754 e. The molecule has 2 aliphatic heterocycles. The molecule has 1 aliphatic carbocycles. The molecule has 0 radical (unpaired) electrons. The number of benzene rings is 8. The standard InChI is InChI=1S/C49H33NSSi/c1-3-17-35(18-4-1)52(36-19-5-2-6-20-36)47-30-16-15-29-45(47)51-46-33-34(31-32-48(46)52)50-43-27-13-11-25-41(43)49(42-26-12-14-28-44(42)50)39-23-9-7-21-37(39)38-22-8-10-24-40(38)49/h1-33H/q-1. The van der Waals surface area contributed by atoms with E-state index in [1.807, 2.05) is 11.8 Å². The third-order valence-electron chi connectivity index (χ3n) is 11.6. The Labute approximate surface area is 309 Å². The molecule has 2 heterocycles. The van der Waals surface area contributed by atoms with Crippen molar-refractivity contribution >= 4 is 57.6 Å². The summed E-state index contributed by atoms with van der Waals surface area (Å²) in [6, 6.07) is 75.3. The zero-order valence-electron chi connectivity index (χ0n) is 28.4. The Morgan fingerprint density at radius 2 is 0.846 bits per heavy atom. The summed E-state index contributed by atoms with van der Waals surface area (Å²) in [6.45, 7) is 0. The largest absolute Gasteiger partial charge is 0.310 e. The molecule has 0 fully saturated rings. The summed E-state index contributed by atoms with van der Waals surface area (Å²) in [4.78, 5) is 5.21. The molecule has 1 nitrogen and oxygen atoms in total. The zero-order chi connectivity index (χ0) is 34.3. The van der Waals surface area contributed by atoms with Gasteiger partial charge >= 0.3 is 0 Å². The number of nitrogens with zero attached hydrogens (tertiary/aromatic N) is 1. The molecule has 0 amide bonds. The van der Waals surface area contributed by atoms with Gasteiger partial charge in [0.25, 0.3) is 0 Å². The van der Waals surface area contributed by atoms with Crippen LogP contribution in [-0.2, 0) is 5.41 Å². The molecule has 0 aromatic heterocycles. The Morgan fingerprint density at radius 1 is 0.385 bits per heavy atom. The Morgan fingerprint density at radius 3 is 1.44 bits per heavy atom. The van der Waals surface area contributed by atoms with Crippen molar-refractivity contribution in [2.24, 2.45) is 0 Å². The first-order valence-electron chi connectivity index (χ1n) is 18.0. The predicted octanol–water partition coefficient (Wildman–Crippen LogP) is 9.67. The molecule has 0 saturated heterocycles. The second-order valence-corrected chi connectivity index (χ2v) is 18.8. The van der Waals surface area contributed by atoms with E-state index in [9.17, 15) is 0 Å². The molecule has 0 saturated carbocycles. The van der Waals surface area contributed by atoms with Crippen LogP contribution in [-0.4, -0.2) is 8.07 Å². The first kappa shape index (κ1) is 29.8. The maximum absolute atomic E-state index is 2.64. The number of hydrogen-bond acceptors (Lipinski definition) is 2. The monoisotopic (exact) mass is 695 g/mol. The molecule has 0 atom stereocenters. The molecular formula is C49H33NSSi-. The Kier molecular flexibility index (Phi) is 6.49. The van der Waals surface area contributed by atoms with Crippen LogP contribution >= 0.6 is 11.8 Å². The van der Waals surface area contributed by atoms with Gasteiger partial charge in [-0.2, -0.15) is 20.7 Å². The van der Waals surface area contributed by atoms with E-state index in [1.165, 1.54) is 81.0 Å². The molecular weight excluding hydrogens is 663 g/mol. The summed E-state index contributed by atoms with van der Waals surface area (Å²) in [5.41, 5.74) is 11.2. The van der Waals surface area contributed by atoms with Crippen LogP contribution in [0.15, 0.2) is 210 Å². The molecule has 11 rings (SSSR count). The van der Waals surface area contributed by atoms with Crippen LogP contribution in [0.1, 0.15) is 22.3 Å². The van der Waals surface area contributed by atoms with Gasteiger partial charge in [-0.05, 0) is 75.5 Å². The van der Waals surface area contributed by atoms with E-state index in [2.05, 4.69) is 205 Å². The van der Waals surface area contributed by atoms with Crippen LogP contribution in [0.5, 0.6) is 0 Å². The maximum atomic E-state index is 2.52. The lowest BCUT2D eigenvalue weighted by Gasteiger charge is -2.52. The van der Waals surface area contributed by atoms with Crippen LogP contribution in [0.3, 0.4) is 0 Å². The van der Waals surface area contributed by atoms with Gasteiger partial charge in [0.15, 0.2) is 0 Å². The van der Waals surface area contributed by atoms with Crippen molar-refractivity contribution in [1.29, 1.82) is 0 Å². The van der Waals surface area contributed by atoms with Crippen molar-refractivity contribution in [3.63, 3.8) is 0 Å². The minimum Gasteiger partial charge on any atom is -0.310 e. The van der Waals surface area contributed by atoms with Crippen molar-refractivity contribution in [3.05, 3.63) is 222 Å². The first-order valence-corrected chi connectivity index (χ1v) is 20.8. The molecule has 0 N–H and O–H groups in total. The fourth-order valence-electron chi connectivity index (χ4n) is 9.68. The van der Waals surface area contributed by atoms with Crippen molar-refractivity contribution < 1.29 is 0 Å². The van der Waals surface area contributed by atoms with E-state index in [-0.39, 0.29) is 0 Å². The van der Waals surface area contributed by atoms with Gasteiger partial charge in [0.2, 0.25) is 0 Å². The quantitative estimate of drug-likeness (QED) is 0.169. The normalized spacial score (nSPS) is 15.1. The summed E-state index contributed by atoms with van der Waals surface area (Å²) >= 11 is 1.92. The lowest BCUT2D eigenvalue weighted by molar-refractivity contribution is 0.752. The maximum Gasteiger partial charge on any atom is 0.0754 e. The SMILES string of the molecule is c1ccc([Si-]2(c3ccccc3)c3ccccc3Sc3cc(N4c5ccccc5C5(c6ccccc6-c6ccccc65)c5ccccc54)ccc32)cc1. The summed E-state index contributed by atoms with van der Waals surface area (Å²) in [7, 11) is -2.64. The molecule has 52 heavy (non-hydrogen) atoms. The Hall–Kier alpha value is -5.87. The summed E-state index contributed by atoms with van der Waals surface area (Å²) < 4.78 is 0. The van der Waals surface area contributed by atoms with Gasteiger partial charge in [-0.25, -0.2) is 0 Å². The minimum absolute atomic E-state index is 0.415. The third kappa shape index (κ3) is 3.84. The molecule has 3 heteroatoms. The summed E-state index contributed by atoms with van der Waals surface area (Å²) in [5.74, 6) is 0. The molecule has 3 aliphatic rings. The average Bonchev–Trinajstić information content (AvgIpc) is 3.51. The lowest BCUT2D eigenvalue weighted by atomic mass is 9.64. The van der Waals surface area contributed by atoms with Crippen molar-refractivity contribution in [2.75, 3.05) is 4.90 Å². The first-order chi connectivity index (χ1) is 25.8. The Balaban J connectivity index is 1.18. The molecule has 0 unspecified atom stereocenters. The number of fused-ring (bicyclic) bond motifs is 11. The zero-order valence-corrected chi connectivity index (χ0v) is 30.2. The van der Waals surface area contributed by atoms with Gasteiger partial charge in [-0.3, -0.25) is 0 Å². The summed E-state index contributed by atoms with van der Waals surface area (Å²) in [6.07, 6.45) is 0. The van der Waals surface area contributed by atoms with Crippen LogP contribution in [0.4, 0.5) is 17.1 Å². The number of para-hydroxylation sites is 2. The van der Waals surface area contributed by atoms with E-state index in [1.54, 1.807) is 0 Å². The van der Waals surface area contributed by atoms with E-state index < -0.39 is 13.5 Å². The highest BCUT2D eigenvalue weighted by molar-refractivity contribution is 8.00. The van der Waals surface area contributed by atoms with Crippen molar-refractivity contribution in [1.82, 2.24) is 0 Å². The molecule has 0 bridgehead atoms. The molecule has 245 valence electrons. The lowest BCUT2D eigenvalue weighted by Crippen LogP contribution is -2.76. The van der Waals surface area contributed by atoms with Crippen LogP contribution in [0.2, 0.25) is 0 Å². The van der Waals surface area contributed by atoms with Crippen molar-refractivity contribution in [2.45, 2.75) is 15.2 Å². The molecule has 1 spiro atoms. The minimum atomic E-state index is -2.64. The number of rotatable bonds is 3. The highest BCUT2D eigenvalue weighted by atomic mass is 32.2. The average molecular weight is 696 g/mol. The number of anilines is 3. The van der Waals surface area contributed by atoms with Gasteiger partial charge < -0.3 is 4.90 Å². The van der Waals surface area contributed by atoms with Crippen LogP contribution in [0.25, 0.3) is 11.1 Å². The summed E-state index contributed by atoms with van der Waals surface area (Å²) in [5, 5.41) is 5.74. The van der Waals surface area contributed by atoms with Crippen LogP contribution < -0.4 is 25.6 Å². The topological polar surface area (TPSA) is 3.24 Å². The second-order valence-electron chi connectivity index (χ2n) is 14.0. The predicted molar refractivity (Wildman–Crippen MR) is 220 cm³/mol. The van der Waals surface area contributed by atoms with Crippen molar-refractivity contribution in [3.8, 4) is 11.1 Å². The fraction of sp³-hybridized carbons (Fsp3) is 0.0204. The Bertz CT molecular complexity index is 2550. The van der Waals surface area contributed by atoms with E-state index in [0.29, 0.717) is 0 Å². The van der Waals surface area contributed by atoms with Gasteiger partial charge in [-0.15, -0.1) is 0 Å². The van der Waals surface area contributed by atoms with E-state index >= 15 is 0 Å². The number of hydrogen-bond donors (Lipinski definition) is 0.